The Bertz CT molecular complexity index is 1060. The summed E-state index contributed by atoms with van der Waals surface area (Å²) in [5.74, 6) is -0.561. The minimum atomic E-state index is -3.61. The zero-order valence-corrected chi connectivity index (χ0v) is 18.5. The molecule has 2 aromatic rings. The molecule has 1 aliphatic heterocycles. The molecule has 0 radical (unpaired) electrons. The van der Waals surface area contributed by atoms with Crippen molar-refractivity contribution >= 4 is 33.0 Å². The largest absolute Gasteiger partial charge is 0.326 e. The third-order valence-electron chi connectivity index (χ3n) is 5.47. The lowest BCUT2D eigenvalue weighted by molar-refractivity contribution is -0.118. The van der Waals surface area contributed by atoms with Crippen molar-refractivity contribution in [2.24, 2.45) is 0 Å². The minimum absolute atomic E-state index is 0.00909. The second kappa shape index (κ2) is 9.00. The van der Waals surface area contributed by atoms with Gasteiger partial charge < -0.3 is 10.2 Å². The van der Waals surface area contributed by atoms with E-state index in [9.17, 15) is 18.0 Å². The molecular formula is C23H28N2O4S. The summed E-state index contributed by atoms with van der Waals surface area (Å²) < 4.78 is 25.6. The van der Waals surface area contributed by atoms with Gasteiger partial charge in [0, 0.05) is 30.3 Å². The first-order chi connectivity index (χ1) is 14.3. The maximum absolute atomic E-state index is 12.8. The second-order valence-corrected chi connectivity index (χ2v) is 9.70. The van der Waals surface area contributed by atoms with Crippen LogP contribution < -0.4 is 10.2 Å². The molecule has 1 aliphatic rings. The lowest BCUT2D eigenvalue weighted by Gasteiger charge is -2.22. The number of hydrogen-bond donors (Lipinski definition) is 1. The van der Waals surface area contributed by atoms with Gasteiger partial charge in [-0.25, -0.2) is 8.42 Å². The van der Waals surface area contributed by atoms with Crippen molar-refractivity contribution in [2.45, 2.75) is 57.4 Å². The van der Waals surface area contributed by atoms with Gasteiger partial charge in [-0.1, -0.05) is 32.0 Å². The number of benzene rings is 2. The number of anilines is 2. The molecule has 2 aromatic carbocycles. The number of nitrogens with one attached hydrogen (secondary N) is 1. The molecule has 1 N–H and O–H groups in total. The number of carbonyl (C=O) groups excluding carboxylic acids is 2. The van der Waals surface area contributed by atoms with Crippen molar-refractivity contribution in [3.8, 4) is 0 Å². The number of fused-ring (bicyclic) bond motifs is 1. The van der Waals surface area contributed by atoms with E-state index in [4.69, 9.17) is 0 Å². The van der Waals surface area contributed by atoms with Gasteiger partial charge in [-0.05, 0) is 55.2 Å². The van der Waals surface area contributed by atoms with Crippen LogP contribution in [0.5, 0.6) is 0 Å². The Kier molecular flexibility index (Phi) is 6.61. The van der Waals surface area contributed by atoms with E-state index in [2.05, 4.69) is 5.32 Å². The highest BCUT2D eigenvalue weighted by Crippen LogP contribution is 2.34. The van der Waals surface area contributed by atoms with Gasteiger partial charge in [-0.3, -0.25) is 9.59 Å². The number of sulfone groups is 1. The molecule has 0 spiro atoms. The predicted octanol–water partition coefficient (Wildman–Crippen LogP) is 3.74. The predicted molar refractivity (Wildman–Crippen MR) is 119 cm³/mol. The summed E-state index contributed by atoms with van der Waals surface area (Å²) in [6.45, 7) is 5.77. The van der Waals surface area contributed by atoms with E-state index < -0.39 is 9.84 Å². The summed E-state index contributed by atoms with van der Waals surface area (Å²) in [7, 11) is -3.61. The zero-order chi connectivity index (χ0) is 21.9. The van der Waals surface area contributed by atoms with Crippen LogP contribution in [0.15, 0.2) is 47.4 Å². The van der Waals surface area contributed by atoms with Crippen molar-refractivity contribution in [1.29, 1.82) is 0 Å². The van der Waals surface area contributed by atoms with E-state index in [1.807, 2.05) is 45.0 Å². The third-order valence-corrected chi connectivity index (χ3v) is 7.18. The maximum atomic E-state index is 12.8. The fraction of sp³-hybridized carbons (Fsp3) is 0.391. The summed E-state index contributed by atoms with van der Waals surface area (Å²) in [5, 5.41) is 2.81. The van der Waals surface area contributed by atoms with Crippen LogP contribution in [0.2, 0.25) is 0 Å². The molecule has 30 heavy (non-hydrogen) atoms. The average molecular weight is 429 g/mol. The summed E-state index contributed by atoms with van der Waals surface area (Å²) in [6, 6.07) is 12.4. The molecule has 3 rings (SSSR count). The molecule has 0 bridgehead atoms. The maximum Gasteiger partial charge on any atom is 0.226 e. The highest BCUT2D eigenvalue weighted by atomic mass is 32.2. The fourth-order valence-electron chi connectivity index (χ4n) is 3.86. The van der Waals surface area contributed by atoms with Gasteiger partial charge in [0.1, 0.15) is 0 Å². The van der Waals surface area contributed by atoms with Crippen LogP contribution in [-0.2, 0) is 32.3 Å². The van der Waals surface area contributed by atoms with Gasteiger partial charge in [-0.15, -0.1) is 0 Å². The third kappa shape index (κ3) is 4.56. The molecule has 0 saturated heterocycles. The quantitative estimate of drug-likeness (QED) is 0.728. The zero-order valence-electron chi connectivity index (χ0n) is 17.6. The van der Waals surface area contributed by atoms with Crippen LogP contribution in [0.1, 0.15) is 44.7 Å². The van der Waals surface area contributed by atoms with E-state index in [0.29, 0.717) is 12.8 Å². The first-order valence-corrected chi connectivity index (χ1v) is 12.0. The van der Waals surface area contributed by atoms with E-state index in [1.54, 1.807) is 17.0 Å². The molecular weight excluding hydrogens is 400 g/mol. The van der Waals surface area contributed by atoms with E-state index in [1.165, 1.54) is 6.07 Å². The molecule has 1 heterocycles. The van der Waals surface area contributed by atoms with Crippen LogP contribution in [-0.4, -0.2) is 32.0 Å². The first kappa shape index (κ1) is 22.0. The Morgan fingerprint density at radius 1 is 1.13 bits per heavy atom. The molecule has 0 fully saturated rings. The highest BCUT2D eigenvalue weighted by Gasteiger charge is 2.31. The standard InChI is InChI=1S/C23H28N2O4S/c1-4-17-8-6-7-9-20(17)24-22(26)12-13-30(28,29)19-10-11-21-18(15-19)14-16(3)25(21)23(27)5-2/h6-11,15-16H,4-5,12-14H2,1-3H3,(H,24,26)/t16-/m1/s1. The van der Waals surface area contributed by atoms with Gasteiger partial charge in [0.2, 0.25) is 11.8 Å². The van der Waals surface area contributed by atoms with Crippen molar-refractivity contribution in [1.82, 2.24) is 0 Å². The number of hydrogen-bond acceptors (Lipinski definition) is 4. The molecule has 0 aliphatic carbocycles. The molecule has 160 valence electrons. The molecule has 0 unspecified atom stereocenters. The number of para-hydroxylation sites is 1. The Morgan fingerprint density at radius 2 is 1.87 bits per heavy atom. The number of carbonyl (C=O) groups is 2. The number of amides is 2. The lowest BCUT2D eigenvalue weighted by atomic mass is 10.1. The van der Waals surface area contributed by atoms with Crippen LogP contribution in [0.4, 0.5) is 11.4 Å². The van der Waals surface area contributed by atoms with E-state index in [0.717, 1.165) is 28.9 Å². The summed E-state index contributed by atoms with van der Waals surface area (Å²) in [5.41, 5.74) is 3.36. The summed E-state index contributed by atoms with van der Waals surface area (Å²) in [6.07, 6.45) is 1.69. The van der Waals surface area contributed by atoms with Gasteiger partial charge >= 0.3 is 0 Å². The smallest absolute Gasteiger partial charge is 0.226 e. The van der Waals surface area contributed by atoms with Gasteiger partial charge in [0.25, 0.3) is 0 Å². The van der Waals surface area contributed by atoms with Crippen molar-refractivity contribution in [3.63, 3.8) is 0 Å². The van der Waals surface area contributed by atoms with Crippen molar-refractivity contribution in [3.05, 3.63) is 53.6 Å². The van der Waals surface area contributed by atoms with Gasteiger partial charge in [0.15, 0.2) is 9.84 Å². The van der Waals surface area contributed by atoms with Crippen molar-refractivity contribution < 1.29 is 18.0 Å². The first-order valence-electron chi connectivity index (χ1n) is 10.3. The minimum Gasteiger partial charge on any atom is -0.326 e. The van der Waals surface area contributed by atoms with Crippen molar-refractivity contribution in [2.75, 3.05) is 16.0 Å². The Hall–Kier alpha value is -2.67. The SMILES string of the molecule is CCC(=O)N1c2ccc(S(=O)(=O)CCC(=O)Nc3ccccc3CC)cc2C[C@H]1C. The van der Waals surface area contributed by atoms with Gasteiger partial charge in [-0.2, -0.15) is 0 Å². The number of aryl methyl sites for hydroxylation is 1. The molecule has 1 atom stereocenters. The average Bonchev–Trinajstić information content (AvgIpc) is 3.07. The Morgan fingerprint density at radius 3 is 2.57 bits per heavy atom. The fourth-order valence-corrected chi connectivity index (χ4v) is 5.15. The topological polar surface area (TPSA) is 83.6 Å². The summed E-state index contributed by atoms with van der Waals surface area (Å²) >= 11 is 0. The number of rotatable bonds is 7. The molecule has 6 nitrogen and oxygen atoms in total. The van der Waals surface area contributed by atoms with Crippen LogP contribution in [0.25, 0.3) is 0 Å². The van der Waals surface area contributed by atoms with E-state index in [-0.39, 0.29) is 34.9 Å². The van der Waals surface area contributed by atoms with E-state index >= 15 is 0 Å². The lowest BCUT2D eigenvalue weighted by Crippen LogP contribution is -2.35. The highest BCUT2D eigenvalue weighted by molar-refractivity contribution is 7.91. The number of nitrogens with zero attached hydrogens (tertiary/aromatic N) is 1. The molecule has 0 aromatic heterocycles. The van der Waals surface area contributed by atoms with Crippen LogP contribution >= 0.6 is 0 Å². The Labute approximate surface area is 178 Å². The van der Waals surface area contributed by atoms with Crippen LogP contribution in [0.3, 0.4) is 0 Å². The second-order valence-electron chi connectivity index (χ2n) is 7.59. The molecule has 7 heteroatoms. The monoisotopic (exact) mass is 428 g/mol. The van der Waals surface area contributed by atoms with Gasteiger partial charge in [0.05, 0.1) is 10.6 Å². The summed E-state index contributed by atoms with van der Waals surface area (Å²) in [4.78, 5) is 26.5. The van der Waals surface area contributed by atoms with Crippen LogP contribution in [0, 0.1) is 0 Å². The molecule has 2 amide bonds. The molecule has 0 saturated carbocycles. The Balaban J connectivity index is 1.70. The normalized spacial score (nSPS) is 15.7.